The lowest BCUT2D eigenvalue weighted by Gasteiger charge is -2.31. The molecule has 0 saturated carbocycles. The molecule has 2 atom stereocenters. The standard InChI is InChI=1S/C12H22N4/c1-6-14-9(4)13-11-12(14)16(8-3)10(5)15(11)7-2/h11-13H,4-8H2,1-3H3. The van der Waals surface area contributed by atoms with Crippen LogP contribution in [0.2, 0.25) is 0 Å². The van der Waals surface area contributed by atoms with Crippen molar-refractivity contribution in [3.05, 3.63) is 24.8 Å². The molecule has 1 N–H and O–H groups in total. The number of hydrogen-bond donors (Lipinski definition) is 1. The molecule has 2 rings (SSSR count). The van der Waals surface area contributed by atoms with Gasteiger partial charge >= 0.3 is 0 Å². The molecule has 0 aromatic rings. The molecule has 2 aliphatic rings. The van der Waals surface area contributed by atoms with Gasteiger partial charge in [0.2, 0.25) is 0 Å². The van der Waals surface area contributed by atoms with E-state index in [9.17, 15) is 0 Å². The van der Waals surface area contributed by atoms with Gasteiger partial charge in [-0.25, -0.2) is 0 Å². The number of likely N-dealkylation sites (N-methyl/N-ethyl adjacent to an activating group) is 3. The Morgan fingerprint density at radius 1 is 1.00 bits per heavy atom. The van der Waals surface area contributed by atoms with E-state index in [4.69, 9.17) is 0 Å². The minimum Gasteiger partial charge on any atom is -0.349 e. The molecular weight excluding hydrogens is 200 g/mol. The molecule has 0 spiro atoms. The number of hydrogen-bond acceptors (Lipinski definition) is 4. The van der Waals surface area contributed by atoms with Gasteiger partial charge in [-0.05, 0) is 20.8 Å². The molecule has 16 heavy (non-hydrogen) atoms. The fourth-order valence-electron chi connectivity index (χ4n) is 2.84. The maximum atomic E-state index is 4.19. The Hall–Kier alpha value is -1.32. The van der Waals surface area contributed by atoms with Crippen LogP contribution in [0.4, 0.5) is 0 Å². The van der Waals surface area contributed by atoms with Crippen LogP contribution in [0.5, 0.6) is 0 Å². The summed E-state index contributed by atoms with van der Waals surface area (Å²) < 4.78 is 0. The monoisotopic (exact) mass is 222 g/mol. The topological polar surface area (TPSA) is 21.8 Å². The average Bonchev–Trinajstić information content (AvgIpc) is 2.70. The second-order valence-corrected chi connectivity index (χ2v) is 4.22. The van der Waals surface area contributed by atoms with Crippen molar-refractivity contribution < 1.29 is 0 Å². The van der Waals surface area contributed by atoms with Crippen LogP contribution >= 0.6 is 0 Å². The predicted octanol–water partition coefficient (Wildman–Crippen LogP) is 1.16. The molecule has 2 fully saturated rings. The van der Waals surface area contributed by atoms with Crippen LogP contribution in [0.1, 0.15) is 20.8 Å². The molecular formula is C12H22N4. The van der Waals surface area contributed by atoms with Gasteiger partial charge in [-0.3, -0.25) is 0 Å². The highest BCUT2D eigenvalue weighted by Gasteiger charge is 2.48. The summed E-state index contributed by atoms with van der Waals surface area (Å²) in [6.45, 7) is 17.7. The van der Waals surface area contributed by atoms with E-state index in [0.29, 0.717) is 12.3 Å². The Morgan fingerprint density at radius 2 is 1.56 bits per heavy atom. The predicted molar refractivity (Wildman–Crippen MR) is 66.1 cm³/mol. The number of fused-ring (bicyclic) bond motifs is 1. The van der Waals surface area contributed by atoms with Crippen molar-refractivity contribution in [2.75, 3.05) is 19.6 Å². The van der Waals surface area contributed by atoms with Crippen molar-refractivity contribution in [1.82, 2.24) is 20.0 Å². The average molecular weight is 222 g/mol. The van der Waals surface area contributed by atoms with Crippen molar-refractivity contribution in [1.29, 1.82) is 0 Å². The minimum absolute atomic E-state index is 0.310. The first-order valence-corrected chi connectivity index (χ1v) is 6.09. The van der Waals surface area contributed by atoms with Crippen LogP contribution < -0.4 is 5.32 Å². The quantitative estimate of drug-likeness (QED) is 0.773. The van der Waals surface area contributed by atoms with Crippen molar-refractivity contribution >= 4 is 0 Å². The van der Waals surface area contributed by atoms with E-state index in [0.717, 1.165) is 31.3 Å². The van der Waals surface area contributed by atoms with Crippen molar-refractivity contribution in [2.45, 2.75) is 33.1 Å². The molecule has 0 bridgehead atoms. The molecule has 0 amide bonds. The Morgan fingerprint density at radius 3 is 2.06 bits per heavy atom. The molecule has 90 valence electrons. The van der Waals surface area contributed by atoms with Gasteiger partial charge < -0.3 is 20.0 Å². The lowest BCUT2D eigenvalue weighted by molar-refractivity contribution is 0.151. The first-order chi connectivity index (χ1) is 7.65. The van der Waals surface area contributed by atoms with Crippen LogP contribution in [0, 0.1) is 0 Å². The third-order valence-corrected chi connectivity index (χ3v) is 3.60. The van der Waals surface area contributed by atoms with E-state index < -0.39 is 0 Å². The summed E-state index contributed by atoms with van der Waals surface area (Å²) in [6, 6.07) is 0. The summed E-state index contributed by atoms with van der Waals surface area (Å²) in [4.78, 5) is 6.98. The highest BCUT2D eigenvalue weighted by Crippen LogP contribution is 2.34. The summed E-state index contributed by atoms with van der Waals surface area (Å²) in [7, 11) is 0. The Balaban J connectivity index is 2.31. The summed E-state index contributed by atoms with van der Waals surface area (Å²) in [5.74, 6) is 2.15. The van der Waals surface area contributed by atoms with Crippen molar-refractivity contribution in [2.24, 2.45) is 0 Å². The molecule has 2 unspecified atom stereocenters. The Bertz CT molecular complexity index is 310. The van der Waals surface area contributed by atoms with Gasteiger partial charge in [0.25, 0.3) is 0 Å². The second kappa shape index (κ2) is 3.92. The molecule has 4 nitrogen and oxygen atoms in total. The SMILES string of the molecule is C=C1NC2C(N1CC)N(CC)C(=C)N2CC. The van der Waals surface area contributed by atoms with Gasteiger partial charge in [-0.1, -0.05) is 13.2 Å². The van der Waals surface area contributed by atoms with Gasteiger partial charge in [0.1, 0.15) is 12.3 Å². The third kappa shape index (κ3) is 1.29. The van der Waals surface area contributed by atoms with Crippen LogP contribution in [-0.4, -0.2) is 46.7 Å². The van der Waals surface area contributed by atoms with E-state index in [2.05, 4.69) is 53.9 Å². The number of nitrogens with one attached hydrogen (secondary N) is 1. The molecule has 0 radical (unpaired) electrons. The lowest BCUT2D eigenvalue weighted by atomic mass is 10.3. The highest BCUT2D eigenvalue weighted by atomic mass is 15.6. The molecule has 2 aliphatic heterocycles. The zero-order chi connectivity index (χ0) is 11.9. The van der Waals surface area contributed by atoms with Gasteiger partial charge in [-0.15, -0.1) is 0 Å². The summed E-state index contributed by atoms with van der Waals surface area (Å²) in [5, 5.41) is 3.47. The molecule has 2 saturated heterocycles. The van der Waals surface area contributed by atoms with Crippen LogP contribution in [0.3, 0.4) is 0 Å². The first kappa shape index (κ1) is 11.2. The normalized spacial score (nSPS) is 28.8. The maximum Gasteiger partial charge on any atom is 0.144 e. The van der Waals surface area contributed by atoms with E-state index in [1.807, 2.05) is 0 Å². The van der Waals surface area contributed by atoms with Gasteiger partial charge in [-0.2, -0.15) is 0 Å². The first-order valence-electron chi connectivity index (χ1n) is 6.09. The smallest absolute Gasteiger partial charge is 0.144 e. The van der Waals surface area contributed by atoms with E-state index in [1.165, 1.54) is 0 Å². The summed E-state index contributed by atoms with van der Waals surface area (Å²) >= 11 is 0. The molecule has 2 heterocycles. The zero-order valence-electron chi connectivity index (χ0n) is 10.5. The molecule has 0 aromatic heterocycles. The zero-order valence-corrected chi connectivity index (χ0v) is 10.5. The fourth-order valence-corrected chi connectivity index (χ4v) is 2.84. The van der Waals surface area contributed by atoms with Crippen molar-refractivity contribution in [3.63, 3.8) is 0 Å². The summed E-state index contributed by atoms with van der Waals surface area (Å²) in [5.41, 5.74) is 0. The van der Waals surface area contributed by atoms with Gasteiger partial charge in [0.15, 0.2) is 0 Å². The van der Waals surface area contributed by atoms with Crippen LogP contribution in [0.25, 0.3) is 0 Å². The van der Waals surface area contributed by atoms with Gasteiger partial charge in [0, 0.05) is 19.6 Å². The third-order valence-electron chi connectivity index (χ3n) is 3.60. The van der Waals surface area contributed by atoms with Crippen LogP contribution in [-0.2, 0) is 0 Å². The van der Waals surface area contributed by atoms with E-state index in [-0.39, 0.29) is 0 Å². The van der Waals surface area contributed by atoms with E-state index in [1.54, 1.807) is 0 Å². The molecule has 4 heteroatoms. The molecule has 0 aliphatic carbocycles. The lowest BCUT2D eigenvalue weighted by Crippen LogP contribution is -2.44. The van der Waals surface area contributed by atoms with Gasteiger partial charge in [0.05, 0.1) is 11.6 Å². The Kier molecular flexibility index (Phi) is 2.74. The highest BCUT2D eigenvalue weighted by molar-refractivity contribution is 5.18. The van der Waals surface area contributed by atoms with Crippen LogP contribution in [0.15, 0.2) is 24.8 Å². The maximum absolute atomic E-state index is 4.19. The number of rotatable bonds is 3. The minimum atomic E-state index is 0.310. The molecule has 0 aromatic carbocycles. The number of nitrogens with zero attached hydrogens (tertiary/aromatic N) is 3. The second-order valence-electron chi connectivity index (χ2n) is 4.22. The largest absolute Gasteiger partial charge is 0.349 e. The Labute approximate surface area is 98.2 Å². The van der Waals surface area contributed by atoms with E-state index >= 15 is 0 Å². The summed E-state index contributed by atoms with van der Waals surface area (Å²) in [6.07, 6.45) is 0.667. The van der Waals surface area contributed by atoms with Crippen molar-refractivity contribution in [3.8, 4) is 0 Å². The fraction of sp³-hybridized carbons (Fsp3) is 0.667.